The van der Waals surface area contributed by atoms with Crippen LogP contribution in [0.25, 0.3) is 22.3 Å². The minimum atomic E-state index is -2.05. The van der Waals surface area contributed by atoms with Gasteiger partial charge in [-0.3, -0.25) is 52.8 Å². The van der Waals surface area contributed by atoms with Crippen LogP contribution in [-0.4, -0.2) is 177 Å². The average Bonchev–Trinajstić information content (AvgIpc) is 1.47. The Morgan fingerprint density at radius 2 is 1.37 bits per heavy atom. The number of ether oxygens (including phenoxy) is 5. The first-order chi connectivity index (χ1) is 43.4. The lowest BCUT2D eigenvalue weighted by Crippen LogP contribution is -2.51. The maximum absolute atomic E-state index is 15.4. The van der Waals surface area contributed by atoms with Crippen molar-refractivity contribution in [3.63, 3.8) is 0 Å². The van der Waals surface area contributed by atoms with Gasteiger partial charge in [0.15, 0.2) is 5.60 Å². The van der Waals surface area contributed by atoms with E-state index >= 15 is 4.39 Å². The zero-order chi connectivity index (χ0) is 64.3. The molecule has 4 aliphatic rings. The summed E-state index contributed by atoms with van der Waals surface area (Å²) in [6, 6.07) is 10.5. The molecule has 28 heteroatoms. The summed E-state index contributed by atoms with van der Waals surface area (Å²) in [4.78, 5) is 146. The SMILES string of the molecule is CC[C@@]1(O)C(=O)OCc2c1cc1n(c2=O)Cc2c-1nc1cc(F)c(C)c3c1c2[C@@H](NC(=O)CCCNC(=O)CNC(=O)[C@H](CCc1ccccc1)NC(=O)CNC(=O)CNC(=O)CCOCCOCCOCCOCCNC(=O)CCN1C(=O)C=CC1=O)CC3. The maximum Gasteiger partial charge on any atom is 0.343 e. The number of amides is 9. The number of benzene rings is 2. The Morgan fingerprint density at radius 3 is 2.08 bits per heavy atom. The topological polar surface area (TPSA) is 359 Å². The summed E-state index contributed by atoms with van der Waals surface area (Å²) in [6.07, 6.45) is 3.84. The van der Waals surface area contributed by atoms with Crippen molar-refractivity contribution in [3.05, 3.63) is 110 Å². The molecule has 8 N–H and O–H groups in total. The van der Waals surface area contributed by atoms with E-state index in [2.05, 4.69) is 37.2 Å². The summed E-state index contributed by atoms with van der Waals surface area (Å²) in [5, 5.41) is 30.6. The van der Waals surface area contributed by atoms with Gasteiger partial charge in [-0.15, -0.1) is 0 Å². The van der Waals surface area contributed by atoms with Crippen LogP contribution in [0.5, 0.6) is 0 Å². The van der Waals surface area contributed by atoms with Crippen molar-refractivity contribution in [2.24, 2.45) is 0 Å². The predicted octanol–water partition coefficient (Wildman–Crippen LogP) is -0.119. The highest BCUT2D eigenvalue weighted by molar-refractivity contribution is 6.13. The molecule has 0 radical (unpaired) electrons. The van der Waals surface area contributed by atoms with E-state index in [1.165, 1.54) is 10.6 Å². The highest BCUT2D eigenvalue weighted by Crippen LogP contribution is 2.46. The molecule has 2 aromatic heterocycles. The number of fused-ring (bicyclic) bond motifs is 5. The van der Waals surface area contributed by atoms with E-state index in [0.717, 1.165) is 28.2 Å². The van der Waals surface area contributed by atoms with Crippen LogP contribution in [0.2, 0.25) is 0 Å². The first-order valence-corrected chi connectivity index (χ1v) is 30.0. The lowest BCUT2D eigenvalue weighted by Gasteiger charge is -2.31. The number of aromatic nitrogens is 2. The summed E-state index contributed by atoms with van der Waals surface area (Å²) in [7, 11) is 0. The van der Waals surface area contributed by atoms with E-state index in [1.807, 2.05) is 30.3 Å². The van der Waals surface area contributed by atoms with Crippen molar-refractivity contribution in [3.8, 4) is 11.4 Å². The number of imide groups is 1. The van der Waals surface area contributed by atoms with Gasteiger partial charge in [-0.2, -0.15) is 0 Å². The van der Waals surface area contributed by atoms with E-state index in [-0.39, 0.29) is 127 Å². The van der Waals surface area contributed by atoms with Crippen LogP contribution < -0.4 is 42.8 Å². The summed E-state index contributed by atoms with van der Waals surface area (Å²) in [5.41, 5.74) is 2.30. The molecule has 0 spiro atoms. The van der Waals surface area contributed by atoms with Crippen LogP contribution in [0.3, 0.4) is 0 Å². The Morgan fingerprint density at radius 1 is 0.733 bits per heavy atom. The number of aliphatic hydroxyl groups is 1. The Kier molecular flexibility index (Phi) is 23.9. The van der Waals surface area contributed by atoms with E-state index in [9.17, 15) is 57.8 Å². The number of rotatable bonds is 35. The molecule has 3 aliphatic heterocycles. The molecule has 3 atom stereocenters. The van der Waals surface area contributed by atoms with Crippen molar-refractivity contribution in [2.45, 2.75) is 102 Å². The second kappa shape index (κ2) is 32.1. The van der Waals surface area contributed by atoms with E-state index in [4.69, 9.17) is 28.7 Å². The lowest BCUT2D eigenvalue weighted by atomic mass is 9.81. The van der Waals surface area contributed by atoms with Crippen molar-refractivity contribution in [2.75, 3.05) is 92.1 Å². The fraction of sp³-hybridized carbons (Fsp3) is 0.484. The van der Waals surface area contributed by atoms with Crippen LogP contribution in [0.4, 0.5) is 4.39 Å². The molecule has 482 valence electrons. The van der Waals surface area contributed by atoms with E-state index < -0.39 is 96.0 Å². The number of aryl methyl sites for hydroxylation is 2. The Balaban J connectivity index is 0.695. The maximum atomic E-state index is 15.4. The normalized spacial score (nSPS) is 16.4. The van der Waals surface area contributed by atoms with Gasteiger partial charge in [-0.25, -0.2) is 14.2 Å². The number of esters is 1. The number of nitrogens with zero attached hydrogens (tertiary/aromatic N) is 3. The molecule has 9 amide bonds. The van der Waals surface area contributed by atoms with Crippen LogP contribution >= 0.6 is 0 Å². The summed E-state index contributed by atoms with van der Waals surface area (Å²) in [6.45, 7) is 3.95. The van der Waals surface area contributed by atoms with Gasteiger partial charge in [0, 0.05) is 73.6 Å². The Labute approximate surface area is 516 Å². The fourth-order valence-electron chi connectivity index (χ4n) is 10.9. The largest absolute Gasteiger partial charge is 0.458 e. The molecule has 27 nitrogen and oxygen atoms in total. The van der Waals surface area contributed by atoms with Gasteiger partial charge in [0.25, 0.3) is 17.4 Å². The molecule has 90 heavy (non-hydrogen) atoms. The highest BCUT2D eigenvalue weighted by atomic mass is 19.1. The van der Waals surface area contributed by atoms with Gasteiger partial charge in [-0.1, -0.05) is 37.3 Å². The second-order valence-electron chi connectivity index (χ2n) is 21.8. The third-order valence-corrected chi connectivity index (χ3v) is 15.8. The molecule has 2 aromatic carbocycles. The standard InChI is InChI=1S/C62H75FN10O17/c1-3-62(85)42-30-47-58-40(35-73(47)60(83)41(42)36-90-61(62)84)57-44(14-12-39-37(2)43(63)31-46(71-58)56(39)57)69-50(76)10-7-19-64-51(77)33-68-59(82)45(13-11-38-8-5-4-6-9-38)70-53(79)34-67-52(78)32-66-49(75)18-22-86-24-26-88-28-29-89-27-25-87-23-20-65-48(74)17-21-72-54(80)15-16-55(72)81/h4-6,8-9,15-16,30-31,44-45,85H,3,7,10-14,17-29,32-36H2,1-2H3,(H,64,77)(H,65,74)(H,66,75)(H,67,78)(H,68,82)(H,69,76)(H,70,79)/t44-,45-,62-/m0/s1. The zero-order valence-corrected chi connectivity index (χ0v) is 50.2. The number of hydrogen-bond acceptors (Lipinski definition) is 18. The summed E-state index contributed by atoms with van der Waals surface area (Å²) in [5.74, 6) is -5.86. The molecule has 8 rings (SSSR count). The highest BCUT2D eigenvalue weighted by Gasteiger charge is 2.46. The Bertz CT molecular complexity index is 3450. The molecular formula is C62H75FN10O17. The third kappa shape index (κ3) is 17.3. The van der Waals surface area contributed by atoms with Gasteiger partial charge in [0.1, 0.15) is 18.5 Å². The minimum Gasteiger partial charge on any atom is -0.458 e. The number of carbonyl (C=O) groups is 10. The Hall–Kier alpha value is -8.83. The fourth-order valence-corrected chi connectivity index (χ4v) is 10.9. The molecule has 1 aliphatic carbocycles. The van der Waals surface area contributed by atoms with Crippen molar-refractivity contribution < 1.29 is 81.1 Å². The minimum absolute atomic E-state index is 0.000214. The first kappa shape index (κ1) is 67.1. The summed E-state index contributed by atoms with van der Waals surface area (Å²) < 4.78 is 43.8. The third-order valence-electron chi connectivity index (χ3n) is 15.8. The molecular weight excluding hydrogens is 1180 g/mol. The van der Waals surface area contributed by atoms with Crippen molar-refractivity contribution >= 4 is 70.0 Å². The van der Waals surface area contributed by atoms with Crippen molar-refractivity contribution in [1.29, 1.82) is 0 Å². The molecule has 4 aromatic rings. The van der Waals surface area contributed by atoms with Crippen LogP contribution in [0.15, 0.2) is 59.4 Å². The lowest BCUT2D eigenvalue weighted by molar-refractivity contribution is -0.172. The number of carbonyl (C=O) groups excluding carboxylic acids is 10. The molecule has 0 fully saturated rings. The summed E-state index contributed by atoms with van der Waals surface area (Å²) >= 11 is 0. The number of halogens is 1. The monoisotopic (exact) mass is 1250 g/mol. The van der Waals surface area contributed by atoms with Gasteiger partial charge >= 0.3 is 5.97 Å². The first-order valence-electron chi connectivity index (χ1n) is 30.0. The zero-order valence-electron chi connectivity index (χ0n) is 50.2. The number of cyclic esters (lactones) is 1. The van der Waals surface area contributed by atoms with Crippen LogP contribution in [-0.2, 0) is 103 Å². The number of hydrogen-bond donors (Lipinski definition) is 8. The number of pyridine rings is 2. The van der Waals surface area contributed by atoms with Gasteiger partial charge in [-0.05, 0) is 73.8 Å². The van der Waals surface area contributed by atoms with Crippen LogP contribution in [0, 0.1) is 12.7 Å². The molecule has 5 heterocycles. The second-order valence-corrected chi connectivity index (χ2v) is 21.8. The van der Waals surface area contributed by atoms with Gasteiger partial charge in [0.05, 0.1) is 108 Å². The van der Waals surface area contributed by atoms with Gasteiger partial charge < -0.3 is 70.6 Å². The van der Waals surface area contributed by atoms with Gasteiger partial charge in [0.2, 0.25) is 41.4 Å². The van der Waals surface area contributed by atoms with E-state index in [1.54, 1.807) is 19.9 Å². The molecule has 0 saturated heterocycles. The van der Waals surface area contributed by atoms with E-state index in [0.29, 0.717) is 78.1 Å². The molecule has 0 saturated carbocycles. The molecule has 0 unspecified atom stereocenters. The predicted molar refractivity (Wildman–Crippen MR) is 318 cm³/mol. The van der Waals surface area contributed by atoms with Crippen molar-refractivity contribution in [1.82, 2.24) is 51.7 Å². The smallest absolute Gasteiger partial charge is 0.343 e. The van der Waals surface area contributed by atoms with Crippen LogP contribution in [0.1, 0.15) is 96.9 Å². The average molecular weight is 1250 g/mol. The quantitative estimate of drug-likeness (QED) is 0.0149. The molecule has 0 bridgehead atoms. The number of nitrogens with one attached hydrogen (secondary N) is 7.